The Kier molecular flexibility index (Phi) is 6.18. The summed E-state index contributed by atoms with van der Waals surface area (Å²) < 4.78 is 16.9. The van der Waals surface area contributed by atoms with Gasteiger partial charge in [-0.1, -0.05) is 60.7 Å². The highest BCUT2D eigenvalue weighted by molar-refractivity contribution is 5.14. The maximum Gasteiger partial charge on any atom is 0.184 e. The molecular weight excluding hydrogens is 320 g/mol. The van der Waals surface area contributed by atoms with Crippen molar-refractivity contribution in [1.82, 2.24) is 0 Å². The second-order valence-corrected chi connectivity index (χ2v) is 6.24. The van der Waals surface area contributed by atoms with Gasteiger partial charge in [0.2, 0.25) is 0 Å². The number of benzene rings is 2. The molecule has 1 fully saturated rings. The van der Waals surface area contributed by atoms with Gasteiger partial charge in [-0.3, -0.25) is 0 Å². The number of rotatable bonds is 7. The summed E-state index contributed by atoms with van der Waals surface area (Å²) in [6.07, 6.45) is -3.95. The molecule has 3 rings (SSSR count). The van der Waals surface area contributed by atoms with Crippen LogP contribution in [0.15, 0.2) is 60.7 Å². The summed E-state index contributed by atoms with van der Waals surface area (Å²) in [6.45, 7) is 2.54. The van der Waals surface area contributed by atoms with Crippen LogP contribution in [0.25, 0.3) is 0 Å². The minimum atomic E-state index is -1.17. The van der Waals surface area contributed by atoms with E-state index in [0.29, 0.717) is 13.2 Å². The van der Waals surface area contributed by atoms with Crippen molar-refractivity contribution in [2.24, 2.45) is 0 Å². The maximum atomic E-state index is 10.5. The van der Waals surface area contributed by atoms with Crippen LogP contribution in [0.2, 0.25) is 0 Å². The van der Waals surface area contributed by atoms with Crippen LogP contribution in [0.1, 0.15) is 18.1 Å². The van der Waals surface area contributed by atoms with Crippen LogP contribution in [0, 0.1) is 0 Å². The lowest BCUT2D eigenvalue weighted by Crippen LogP contribution is -2.40. The highest BCUT2D eigenvalue weighted by atomic mass is 16.7. The molecule has 25 heavy (non-hydrogen) atoms. The van der Waals surface area contributed by atoms with Gasteiger partial charge in [0.1, 0.15) is 18.3 Å². The van der Waals surface area contributed by atoms with Gasteiger partial charge >= 0.3 is 0 Å². The first-order valence-electron chi connectivity index (χ1n) is 8.48. The molecule has 5 heteroatoms. The molecule has 0 unspecified atom stereocenters. The normalized spacial score (nSPS) is 27.3. The molecule has 1 saturated heterocycles. The Morgan fingerprint density at radius 1 is 0.920 bits per heavy atom. The van der Waals surface area contributed by atoms with Crippen LogP contribution >= 0.6 is 0 Å². The number of aliphatic hydroxyl groups is 2. The van der Waals surface area contributed by atoms with E-state index in [0.717, 1.165) is 11.1 Å². The molecule has 0 aliphatic carbocycles. The van der Waals surface area contributed by atoms with Crippen molar-refractivity contribution >= 4 is 0 Å². The van der Waals surface area contributed by atoms with Gasteiger partial charge in [0.25, 0.3) is 0 Å². The van der Waals surface area contributed by atoms with E-state index < -0.39 is 24.6 Å². The first kappa shape index (κ1) is 18.0. The van der Waals surface area contributed by atoms with Gasteiger partial charge in [-0.25, -0.2) is 0 Å². The molecule has 1 aliphatic rings. The second kappa shape index (κ2) is 8.56. The molecular formula is C20H24O5. The van der Waals surface area contributed by atoms with Crippen LogP contribution in [0.3, 0.4) is 0 Å². The number of hydrogen-bond acceptors (Lipinski definition) is 5. The van der Waals surface area contributed by atoms with Crippen molar-refractivity contribution in [2.45, 2.75) is 50.8 Å². The number of hydrogen-bond donors (Lipinski definition) is 2. The van der Waals surface area contributed by atoms with E-state index in [4.69, 9.17) is 14.2 Å². The topological polar surface area (TPSA) is 68.2 Å². The van der Waals surface area contributed by atoms with Crippen LogP contribution in [0.5, 0.6) is 0 Å². The molecule has 0 radical (unpaired) electrons. The molecule has 1 aliphatic heterocycles. The Labute approximate surface area is 147 Å². The quantitative estimate of drug-likeness (QED) is 0.806. The lowest BCUT2D eigenvalue weighted by molar-refractivity contribution is -0.162. The van der Waals surface area contributed by atoms with Gasteiger partial charge < -0.3 is 24.4 Å². The maximum absolute atomic E-state index is 10.5. The Morgan fingerprint density at radius 2 is 1.48 bits per heavy atom. The molecule has 0 saturated carbocycles. The molecule has 2 aromatic rings. The van der Waals surface area contributed by atoms with Crippen molar-refractivity contribution < 1.29 is 24.4 Å². The van der Waals surface area contributed by atoms with Crippen LogP contribution in [0.4, 0.5) is 0 Å². The first-order valence-corrected chi connectivity index (χ1v) is 8.48. The standard InChI is InChI=1S/C20H24O5/c1-14(23-12-15-8-4-2-5-9-15)18-17(21)19(20(22)25-18)24-13-16-10-6-3-7-11-16/h2-11,14,17-22H,12-13H2,1H3/t14-,17+,18-,19+,20-/m0/s1. The molecule has 0 aromatic heterocycles. The average Bonchev–Trinajstić information content (AvgIpc) is 2.94. The second-order valence-electron chi connectivity index (χ2n) is 6.24. The smallest absolute Gasteiger partial charge is 0.184 e. The van der Waals surface area contributed by atoms with E-state index in [1.807, 2.05) is 67.6 Å². The minimum Gasteiger partial charge on any atom is -0.387 e. The molecule has 5 atom stereocenters. The zero-order valence-electron chi connectivity index (χ0n) is 14.2. The lowest BCUT2D eigenvalue weighted by atomic mass is 10.1. The molecule has 2 N–H and O–H groups in total. The summed E-state index contributed by atoms with van der Waals surface area (Å²) in [4.78, 5) is 0. The summed E-state index contributed by atoms with van der Waals surface area (Å²) in [5, 5.41) is 20.6. The van der Waals surface area contributed by atoms with Gasteiger partial charge in [0.05, 0.1) is 19.3 Å². The van der Waals surface area contributed by atoms with Crippen molar-refractivity contribution in [3.05, 3.63) is 71.8 Å². The Morgan fingerprint density at radius 3 is 2.08 bits per heavy atom. The third-order valence-electron chi connectivity index (χ3n) is 4.35. The minimum absolute atomic E-state index is 0.301. The Hall–Kier alpha value is -1.76. The van der Waals surface area contributed by atoms with Gasteiger partial charge in [0, 0.05) is 0 Å². The van der Waals surface area contributed by atoms with E-state index in [2.05, 4.69) is 0 Å². The first-order chi connectivity index (χ1) is 12.1. The fourth-order valence-electron chi connectivity index (χ4n) is 2.91. The average molecular weight is 344 g/mol. The lowest BCUT2D eigenvalue weighted by Gasteiger charge is -2.23. The highest BCUT2D eigenvalue weighted by Crippen LogP contribution is 2.27. The zero-order valence-corrected chi connectivity index (χ0v) is 14.2. The Balaban J connectivity index is 1.52. The van der Waals surface area contributed by atoms with E-state index >= 15 is 0 Å². The van der Waals surface area contributed by atoms with Crippen LogP contribution in [-0.4, -0.2) is 40.9 Å². The summed E-state index contributed by atoms with van der Waals surface area (Å²) in [7, 11) is 0. The fraction of sp³-hybridized carbons (Fsp3) is 0.400. The van der Waals surface area contributed by atoms with Crippen molar-refractivity contribution in [3.8, 4) is 0 Å². The summed E-state index contributed by atoms with van der Waals surface area (Å²) in [6, 6.07) is 19.4. The molecule has 134 valence electrons. The molecule has 2 aromatic carbocycles. The van der Waals surface area contributed by atoms with E-state index in [1.165, 1.54) is 0 Å². The van der Waals surface area contributed by atoms with Crippen LogP contribution < -0.4 is 0 Å². The number of ether oxygens (including phenoxy) is 3. The molecule has 0 amide bonds. The summed E-state index contributed by atoms with van der Waals surface area (Å²) >= 11 is 0. The van der Waals surface area contributed by atoms with Gasteiger partial charge in [0.15, 0.2) is 6.29 Å². The molecule has 1 heterocycles. The summed E-state index contributed by atoms with van der Waals surface area (Å²) in [5.74, 6) is 0. The van der Waals surface area contributed by atoms with E-state index in [1.54, 1.807) is 0 Å². The molecule has 0 bridgehead atoms. The number of aliphatic hydroxyl groups excluding tert-OH is 2. The molecule has 5 nitrogen and oxygen atoms in total. The summed E-state index contributed by atoms with van der Waals surface area (Å²) in [5.41, 5.74) is 2.01. The highest BCUT2D eigenvalue weighted by Gasteiger charge is 2.46. The third kappa shape index (κ3) is 4.66. The van der Waals surface area contributed by atoms with Gasteiger partial charge in [-0.2, -0.15) is 0 Å². The molecule has 0 spiro atoms. The monoisotopic (exact) mass is 344 g/mol. The Bertz CT molecular complexity index is 633. The van der Waals surface area contributed by atoms with Gasteiger partial charge in [-0.15, -0.1) is 0 Å². The SMILES string of the molecule is C[C@H](OCc1ccccc1)[C@@H]1O[C@H](O)[C@H](OCc2ccccc2)[C@@H]1O. The largest absolute Gasteiger partial charge is 0.387 e. The van der Waals surface area contributed by atoms with E-state index in [9.17, 15) is 10.2 Å². The zero-order chi connectivity index (χ0) is 17.6. The van der Waals surface area contributed by atoms with Crippen molar-refractivity contribution in [2.75, 3.05) is 0 Å². The third-order valence-corrected chi connectivity index (χ3v) is 4.35. The van der Waals surface area contributed by atoms with E-state index in [-0.39, 0.29) is 6.10 Å². The fourth-order valence-corrected chi connectivity index (χ4v) is 2.91. The van der Waals surface area contributed by atoms with Crippen LogP contribution in [-0.2, 0) is 27.4 Å². The van der Waals surface area contributed by atoms with Gasteiger partial charge in [-0.05, 0) is 18.1 Å². The van der Waals surface area contributed by atoms with Crippen molar-refractivity contribution in [3.63, 3.8) is 0 Å². The predicted molar refractivity (Wildman–Crippen MR) is 92.6 cm³/mol. The van der Waals surface area contributed by atoms with Crippen molar-refractivity contribution in [1.29, 1.82) is 0 Å². The predicted octanol–water partition coefficient (Wildman–Crippen LogP) is 2.26.